The molecule has 2 aromatic rings. The normalized spacial score (nSPS) is 11.8. The van der Waals surface area contributed by atoms with Crippen molar-refractivity contribution in [3.8, 4) is 0 Å². The lowest BCUT2D eigenvalue weighted by Crippen LogP contribution is -2.35. The summed E-state index contributed by atoms with van der Waals surface area (Å²) in [5, 5.41) is 12.2. The Morgan fingerprint density at radius 2 is 1.80 bits per heavy atom. The first-order valence-corrected chi connectivity index (χ1v) is 8.07. The predicted molar refractivity (Wildman–Crippen MR) is 95.3 cm³/mol. The van der Waals surface area contributed by atoms with Crippen molar-refractivity contribution in [1.82, 2.24) is 5.32 Å². The Balaban J connectivity index is 2.14. The zero-order chi connectivity index (χ0) is 18.4. The summed E-state index contributed by atoms with van der Waals surface area (Å²) in [6.45, 7) is 4.25. The van der Waals surface area contributed by atoms with E-state index in [0.717, 1.165) is 22.3 Å². The first-order valence-electron chi connectivity index (χ1n) is 8.07. The zero-order valence-corrected chi connectivity index (χ0v) is 14.7. The van der Waals surface area contributed by atoms with E-state index in [1.807, 2.05) is 44.2 Å². The van der Waals surface area contributed by atoms with Gasteiger partial charge in [-0.15, -0.1) is 0 Å². The molecule has 25 heavy (non-hydrogen) atoms. The van der Waals surface area contributed by atoms with Crippen LogP contribution in [0.25, 0.3) is 0 Å². The number of ether oxygens (including phenoxy) is 1. The minimum Gasteiger partial charge on any atom is -0.479 e. The van der Waals surface area contributed by atoms with Gasteiger partial charge in [-0.2, -0.15) is 0 Å². The third-order valence-corrected chi connectivity index (χ3v) is 4.18. The van der Waals surface area contributed by atoms with Crippen LogP contribution in [0.15, 0.2) is 42.5 Å². The summed E-state index contributed by atoms with van der Waals surface area (Å²) >= 11 is 0. The third kappa shape index (κ3) is 4.90. The van der Waals surface area contributed by atoms with Gasteiger partial charge in [0.2, 0.25) is 5.91 Å². The molecule has 0 fully saturated rings. The van der Waals surface area contributed by atoms with Gasteiger partial charge in [0.25, 0.3) is 0 Å². The van der Waals surface area contributed by atoms with E-state index >= 15 is 0 Å². The molecule has 1 amide bonds. The summed E-state index contributed by atoms with van der Waals surface area (Å²) in [6, 6.07) is 11.9. The molecule has 0 radical (unpaired) electrons. The molecule has 2 aromatic carbocycles. The number of aryl methyl sites for hydroxylation is 1. The van der Waals surface area contributed by atoms with E-state index < -0.39 is 12.0 Å². The average molecular weight is 341 g/mol. The summed E-state index contributed by atoms with van der Waals surface area (Å²) in [6.07, 6.45) is 0.117. The number of carboxylic acid groups (broad SMARTS) is 1. The van der Waals surface area contributed by atoms with E-state index in [1.54, 1.807) is 19.2 Å². The van der Waals surface area contributed by atoms with Gasteiger partial charge in [-0.25, -0.2) is 4.79 Å². The second kappa shape index (κ2) is 8.44. The van der Waals surface area contributed by atoms with Crippen LogP contribution in [0.5, 0.6) is 0 Å². The SMILES string of the molecule is COCc1cccc(CC(=O)NC(C(=O)O)c2cccc(C)c2C)c1. The van der Waals surface area contributed by atoms with Gasteiger partial charge in [0.15, 0.2) is 6.04 Å². The van der Waals surface area contributed by atoms with Gasteiger partial charge in [0.05, 0.1) is 13.0 Å². The number of hydrogen-bond donors (Lipinski definition) is 2. The summed E-state index contributed by atoms with van der Waals surface area (Å²) in [7, 11) is 1.61. The van der Waals surface area contributed by atoms with E-state index in [2.05, 4.69) is 5.32 Å². The van der Waals surface area contributed by atoms with E-state index in [1.165, 1.54) is 0 Å². The van der Waals surface area contributed by atoms with Gasteiger partial charge in [-0.05, 0) is 41.7 Å². The summed E-state index contributed by atoms with van der Waals surface area (Å²) in [5.74, 6) is -1.40. The highest BCUT2D eigenvalue weighted by molar-refractivity contribution is 5.86. The number of aliphatic carboxylic acids is 1. The number of carboxylic acids is 1. The number of carbonyl (C=O) groups excluding carboxylic acids is 1. The van der Waals surface area contributed by atoms with E-state index in [4.69, 9.17) is 4.74 Å². The molecule has 2 N–H and O–H groups in total. The van der Waals surface area contributed by atoms with Crippen LogP contribution in [-0.2, 0) is 27.4 Å². The topological polar surface area (TPSA) is 75.6 Å². The highest BCUT2D eigenvalue weighted by Gasteiger charge is 2.24. The summed E-state index contributed by atoms with van der Waals surface area (Å²) in [4.78, 5) is 24.0. The second-order valence-corrected chi connectivity index (χ2v) is 6.06. The van der Waals surface area contributed by atoms with E-state index in [-0.39, 0.29) is 12.3 Å². The largest absolute Gasteiger partial charge is 0.479 e. The first kappa shape index (κ1) is 18.7. The Kier molecular flexibility index (Phi) is 6.31. The van der Waals surface area contributed by atoms with Gasteiger partial charge in [0, 0.05) is 7.11 Å². The maximum absolute atomic E-state index is 12.4. The number of amides is 1. The Bertz CT molecular complexity index is 770. The van der Waals surface area contributed by atoms with Crippen molar-refractivity contribution in [1.29, 1.82) is 0 Å². The lowest BCUT2D eigenvalue weighted by Gasteiger charge is -2.18. The number of nitrogens with one attached hydrogen (secondary N) is 1. The molecular formula is C20H23NO4. The van der Waals surface area contributed by atoms with Gasteiger partial charge in [-0.3, -0.25) is 4.79 Å². The smallest absolute Gasteiger partial charge is 0.330 e. The van der Waals surface area contributed by atoms with Gasteiger partial charge in [0.1, 0.15) is 0 Å². The van der Waals surface area contributed by atoms with Crippen molar-refractivity contribution >= 4 is 11.9 Å². The molecule has 0 spiro atoms. The molecular weight excluding hydrogens is 318 g/mol. The molecule has 0 bridgehead atoms. The van der Waals surface area contributed by atoms with Crippen molar-refractivity contribution in [2.24, 2.45) is 0 Å². The van der Waals surface area contributed by atoms with Gasteiger partial charge >= 0.3 is 5.97 Å². The molecule has 132 valence electrons. The molecule has 1 atom stereocenters. The lowest BCUT2D eigenvalue weighted by atomic mass is 9.97. The molecule has 0 saturated carbocycles. The van der Waals surface area contributed by atoms with Crippen LogP contribution in [0.2, 0.25) is 0 Å². The fourth-order valence-corrected chi connectivity index (χ4v) is 2.75. The van der Waals surface area contributed by atoms with Crippen molar-refractivity contribution < 1.29 is 19.4 Å². The van der Waals surface area contributed by atoms with Crippen LogP contribution in [0.3, 0.4) is 0 Å². The van der Waals surface area contributed by atoms with Crippen molar-refractivity contribution in [2.75, 3.05) is 7.11 Å². The standard InChI is InChI=1S/C20H23NO4/c1-13-6-4-9-17(14(13)2)19(20(23)24)21-18(22)11-15-7-5-8-16(10-15)12-25-3/h4-10,19H,11-12H2,1-3H3,(H,21,22)(H,23,24). The fourth-order valence-electron chi connectivity index (χ4n) is 2.75. The fraction of sp³-hybridized carbons (Fsp3) is 0.300. The molecule has 5 heteroatoms. The maximum atomic E-state index is 12.4. The zero-order valence-electron chi connectivity index (χ0n) is 14.7. The Labute approximate surface area is 147 Å². The first-order chi connectivity index (χ1) is 11.9. The predicted octanol–water partition coefficient (Wildman–Crippen LogP) is 2.93. The summed E-state index contributed by atoms with van der Waals surface area (Å²) in [5.41, 5.74) is 4.26. The van der Waals surface area contributed by atoms with Crippen LogP contribution in [0, 0.1) is 13.8 Å². The number of rotatable bonds is 7. The molecule has 0 saturated heterocycles. The van der Waals surface area contributed by atoms with E-state index in [9.17, 15) is 14.7 Å². The van der Waals surface area contributed by atoms with Crippen LogP contribution < -0.4 is 5.32 Å². The number of methoxy groups -OCH3 is 1. The lowest BCUT2D eigenvalue weighted by molar-refractivity contribution is -0.142. The molecule has 0 aromatic heterocycles. The van der Waals surface area contributed by atoms with Gasteiger partial charge < -0.3 is 15.2 Å². The molecule has 0 aliphatic carbocycles. The molecule has 0 heterocycles. The molecule has 5 nitrogen and oxygen atoms in total. The molecule has 1 unspecified atom stereocenters. The number of carbonyl (C=O) groups is 2. The molecule has 0 aliphatic rings. The highest BCUT2D eigenvalue weighted by Crippen LogP contribution is 2.21. The van der Waals surface area contributed by atoms with Crippen molar-refractivity contribution in [3.63, 3.8) is 0 Å². The third-order valence-electron chi connectivity index (χ3n) is 4.18. The van der Waals surface area contributed by atoms with Crippen molar-refractivity contribution in [3.05, 3.63) is 70.3 Å². The Hall–Kier alpha value is -2.66. The monoisotopic (exact) mass is 341 g/mol. The average Bonchev–Trinajstić information content (AvgIpc) is 2.56. The van der Waals surface area contributed by atoms with Gasteiger partial charge in [-0.1, -0.05) is 42.5 Å². The molecule has 2 rings (SSSR count). The quantitative estimate of drug-likeness (QED) is 0.812. The van der Waals surface area contributed by atoms with Crippen molar-refractivity contribution in [2.45, 2.75) is 32.9 Å². The minimum absolute atomic E-state index is 0.117. The maximum Gasteiger partial charge on any atom is 0.330 e. The van der Waals surface area contributed by atoms with Crippen LogP contribution >= 0.6 is 0 Å². The molecule has 0 aliphatic heterocycles. The van der Waals surface area contributed by atoms with Crippen LogP contribution in [0.4, 0.5) is 0 Å². The number of benzene rings is 2. The van der Waals surface area contributed by atoms with Crippen LogP contribution in [-0.4, -0.2) is 24.1 Å². The minimum atomic E-state index is -1.07. The highest BCUT2D eigenvalue weighted by atomic mass is 16.5. The Morgan fingerprint density at radius 1 is 1.12 bits per heavy atom. The summed E-state index contributed by atoms with van der Waals surface area (Å²) < 4.78 is 5.09. The van der Waals surface area contributed by atoms with E-state index in [0.29, 0.717) is 12.2 Å². The Morgan fingerprint density at radius 3 is 2.48 bits per heavy atom. The number of hydrogen-bond acceptors (Lipinski definition) is 3. The van der Waals surface area contributed by atoms with Crippen LogP contribution in [0.1, 0.15) is 33.9 Å². The second-order valence-electron chi connectivity index (χ2n) is 6.06.